The van der Waals surface area contributed by atoms with Crippen molar-refractivity contribution >= 4 is 17.5 Å². The highest BCUT2D eigenvalue weighted by atomic mass is 16.4. The molecule has 1 unspecified atom stereocenters. The largest absolute Gasteiger partial charge is 0.480 e. The molecule has 22 heavy (non-hydrogen) atoms. The van der Waals surface area contributed by atoms with Crippen molar-refractivity contribution < 1.29 is 23.9 Å². The molecular formula is C17H24O5. The number of ketones is 2. The number of hydrogen-bond donors (Lipinski definition) is 1. The average Bonchev–Trinajstić information content (AvgIpc) is 2.93. The van der Waals surface area contributed by atoms with Gasteiger partial charge < -0.3 is 9.52 Å². The number of Topliss-reactive ketones (excluding diaryl/α,β-unsaturated/α-hetero) is 2. The Morgan fingerprint density at radius 2 is 1.77 bits per heavy atom. The molecule has 1 aromatic rings. The first kappa shape index (κ1) is 18.1. The van der Waals surface area contributed by atoms with Crippen LogP contribution in [0.25, 0.3) is 0 Å². The Balaban J connectivity index is 2.91. The highest BCUT2D eigenvalue weighted by Gasteiger charge is 2.45. The van der Waals surface area contributed by atoms with E-state index in [-0.39, 0.29) is 24.4 Å². The van der Waals surface area contributed by atoms with Gasteiger partial charge in [0.15, 0.2) is 11.2 Å². The lowest BCUT2D eigenvalue weighted by atomic mass is 9.81. The molecule has 0 aromatic carbocycles. The second-order valence-electron chi connectivity index (χ2n) is 5.66. The van der Waals surface area contributed by atoms with E-state index in [9.17, 15) is 19.5 Å². The van der Waals surface area contributed by atoms with Crippen molar-refractivity contribution in [2.24, 2.45) is 0 Å². The van der Waals surface area contributed by atoms with Crippen molar-refractivity contribution in [3.05, 3.63) is 23.7 Å². The molecule has 0 radical (unpaired) electrons. The molecule has 1 rings (SSSR count). The molecule has 0 amide bonds. The van der Waals surface area contributed by atoms with E-state index in [4.69, 9.17) is 4.42 Å². The summed E-state index contributed by atoms with van der Waals surface area (Å²) in [6.07, 6.45) is 2.71. The monoisotopic (exact) mass is 308 g/mol. The average molecular weight is 308 g/mol. The van der Waals surface area contributed by atoms with E-state index in [2.05, 4.69) is 0 Å². The second kappa shape index (κ2) is 7.92. The standard InChI is InChI=1S/C17H24O5/c1-4-6-12(18)8-10-14(19)17(3,16(20)21)15-11-9-13(22-15)7-5-2/h9,11H,4-8,10H2,1-3H3,(H,20,21). The zero-order chi connectivity index (χ0) is 16.8. The minimum absolute atomic E-state index is 0.0188. The van der Waals surface area contributed by atoms with Gasteiger partial charge in [-0.1, -0.05) is 13.8 Å². The first-order chi connectivity index (χ1) is 10.4. The van der Waals surface area contributed by atoms with Crippen LogP contribution >= 0.6 is 0 Å². The van der Waals surface area contributed by atoms with Crippen LogP contribution < -0.4 is 0 Å². The van der Waals surface area contributed by atoms with E-state index in [1.165, 1.54) is 6.92 Å². The Kier molecular flexibility index (Phi) is 6.53. The van der Waals surface area contributed by atoms with Gasteiger partial charge in [-0.15, -0.1) is 0 Å². The topological polar surface area (TPSA) is 84.6 Å². The third-order valence-corrected chi connectivity index (χ3v) is 3.80. The fourth-order valence-electron chi connectivity index (χ4n) is 2.30. The molecule has 0 fully saturated rings. The highest BCUT2D eigenvalue weighted by Crippen LogP contribution is 2.29. The summed E-state index contributed by atoms with van der Waals surface area (Å²) in [4.78, 5) is 35.6. The van der Waals surface area contributed by atoms with E-state index in [1.807, 2.05) is 13.8 Å². The highest BCUT2D eigenvalue weighted by molar-refractivity contribution is 6.08. The van der Waals surface area contributed by atoms with Gasteiger partial charge in [-0.05, 0) is 31.9 Å². The number of carboxylic acids is 1. The molecule has 1 N–H and O–H groups in total. The first-order valence-electron chi connectivity index (χ1n) is 7.73. The molecule has 0 saturated carbocycles. The Morgan fingerprint density at radius 3 is 2.32 bits per heavy atom. The summed E-state index contributed by atoms with van der Waals surface area (Å²) in [6.45, 7) is 5.22. The van der Waals surface area contributed by atoms with Crippen LogP contribution in [0.4, 0.5) is 0 Å². The Hall–Kier alpha value is -1.91. The molecule has 0 aliphatic heterocycles. The lowest BCUT2D eigenvalue weighted by Gasteiger charge is -2.20. The Bertz CT molecular complexity index is 543. The second-order valence-corrected chi connectivity index (χ2v) is 5.66. The molecule has 0 spiro atoms. The molecule has 1 aromatic heterocycles. The summed E-state index contributed by atoms with van der Waals surface area (Å²) in [5, 5.41) is 9.50. The Labute approximate surface area is 130 Å². The normalized spacial score (nSPS) is 13.6. The number of aliphatic carboxylic acids is 1. The van der Waals surface area contributed by atoms with E-state index >= 15 is 0 Å². The SMILES string of the molecule is CCCC(=O)CCC(=O)C(C)(C(=O)O)c1ccc(CCC)o1. The van der Waals surface area contributed by atoms with Gasteiger partial charge in [-0.2, -0.15) is 0 Å². The predicted octanol–water partition coefficient (Wildman–Crippen LogP) is 3.29. The van der Waals surface area contributed by atoms with Crippen molar-refractivity contribution in [1.82, 2.24) is 0 Å². The van der Waals surface area contributed by atoms with Gasteiger partial charge in [-0.3, -0.25) is 14.4 Å². The number of carboxylic acid groups (broad SMARTS) is 1. The molecule has 0 bridgehead atoms. The third-order valence-electron chi connectivity index (χ3n) is 3.80. The first-order valence-corrected chi connectivity index (χ1v) is 7.73. The van der Waals surface area contributed by atoms with Gasteiger partial charge in [0.25, 0.3) is 0 Å². The number of hydrogen-bond acceptors (Lipinski definition) is 4. The van der Waals surface area contributed by atoms with Crippen molar-refractivity contribution in [3.63, 3.8) is 0 Å². The van der Waals surface area contributed by atoms with Crippen molar-refractivity contribution in [1.29, 1.82) is 0 Å². The molecule has 5 nitrogen and oxygen atoms in total. The van der Waals surface area contributed by atoms with Crippen LogP contribution in [-0.2, 0) is 26.2 Å². The molecular weight excluding hydrogens is 284 g/mol. The van der Waals surface area contributed by atoms with Gasteiger partial charge in [0, 0.05) is 25.7 Å². The summed E-state index contributed by atoms with van der Waals surface area (Å²) >= 11 is 0. The quantitative estimate of drug-likeness (QED) is 0.670. The van der Waals surface area contributed by atoms with Gasteiger partial charge in [0.05, 0.1) is 0 Å². The number of furan rings is 1. The van der Waals surface area contributed by atoms with Crippen molar-refractivity contribution in [3.8, 4) is 0 Å². The zero-order valence-corrected chi connectivity index (χ0v) is 13.5. The number of rotatable bonds is 10. The number of aryl methyl sites for hydroxylation is 1. The van der Waals surface area contributed by atoms with Gasteiger partial charge in [0.1, 0.15) is 17.3 Å². The van der Waals surface area contributed by atoms with E-state index in [0.717, 1.165) is 12.8 Å². The lowest BCUT2D eigenvalue weighted by molar-refractivity contribution is -0.149. The van der Waals surface area contributed by atoms with Crippen molar-refractivity contribution in [2.75, 3.05) is 0 Å². The van der Waals surface area contributed by atoms with Gasteiger partial charge in [0.2, 0.25) is 0 Å². The van der Waals surface area contributed by atoms with Crippen LogP contribution in [0.15, 0.2) is 16.5 Å². The van der Waals surface area contributed by atoms with Crippen LogP contribution in [0.2, 0.25) is 0 Å². The molecule has 1 heterocycles. The van der Waals surface area contributed by atoms with Crippen LogP contribution in [-0.4, -0.2) is 22.6 Å². The van der Waals surface area contributed by atoms with E-state index in [1.54, 1.807) is 12.1 Å². The number of carbonyl (C=O) groups is 3. The zero-order valence-electron chi connectivity index (χ0n) is 13.5. The third kappa shape index (κ3) is 4.06. The maximum Gasteiger partial charge on any atom is 0.324 e. The number of carbonyl (C=O) groups excluding carboxylic acids is 2. The molecule has 1 atom stereocenters. The minimum Gasteiger partial charge on any atom is -0.480 e. The lowest BCUT2D eigenvalue weighted by Crippen LogP contribution is -2.40. The van der Waals surface area contributed by atoms with Crippen LogP contribution in [0.3, 0.4) is 0 Å². The van der Waals surface area contributed by atoms with E-state index < -0.39 is 17.2 Å². The van der Waals surface area contributed by atoms with E-state index in [0.29, 0.717) is 18.6 Å². The molecule has 0 aliphatic rings. The van der Waals surface area contributed by atoms with Gasteiger partial charge >= 0.3 is 5.97 Å². The maximum absolute atomic E-state index is 12.4. The van der Waals surface area contributed by atoms with Crippen LogP contribution in [0.5, 0.6) is 0 Å². The van der Waals surface area contributed by atoms with Crippen LogP contribution in [0.1, 0.15) is 64.4 Å². The summed E-state index contributed by atoms with van der Waals surface area (Å²) in [6, 6.07) is 3.25. The summed E-state index contributed by atoms with van der Waals surface area (Å²) in [5.74, 6) is -0.967. The summed E-state index contributed by atoms with van der Waals surface area (Å²) < 4.78 is 5.54. The Morgan fingerprint density at radius 1 is 1.09 bits per heavy atom. The summed E-state index contributed by atoms with van der Waals surface area (Å²) in [5.41, 5.74) is -1.74. The fourth-order valence-corrected chi connectivity index (χ4v) is 2.30. The van der Waals surface area contributed by atoms with Crippen LogP contribution in [0, 0.1) is 0 Å². The smallest absolute Gasteiger partial charge is 0.324 e. The van der Waals surface area contributed by atoms with Gasteiger partial charge in [-0.25, -0.2) is 0 Å². The predicted molar refractivity (Wildman–Crippen MR) is 81.8 cm³/mol. The molecule has 0 saturated heterocycles. The minimum atomic E-state index is -1.74. The molecule has 122 valence electrons. The van der Waals surface area contributed by atoms with Crippen molar-refractivity contribution in [2.45, 2.75) is 64.7 Å². The molecule has 0 aliphatic carbocycles. The summed E-state index contributed by atoms with van der Waals surface area (Å²) in [7, 11) is 0. The maximum atomic E-state index is 12.4. The fraction of sp³-hybridized carbons (Fsp3) is 0.588. The molecule has 5 heteroatoms.